The summed E-state index contributed by atoms with van der Waals surface area (Å²) in [6.45, 7) is 0. The molecule has 5 rings (SSSR count). The summed E-state index contributed by atoms with van der Waals surface area (Å²) >= 11 is 0. The molecule has 1 aliphatic carbocycles. The fraction of sp³-hybridized carbons (Fsp3) is 0.150. The highest BCUT2D eigenvalue weighted by molar-refractivity contribution is 9.19. The molecule has 0 spiro atoms. The van der Waals surface area contributed by atoms with Crippen LogP contribution in [0.3, 0.4) is 0 Å². The van der Waals surface area contributed by atoms with E-state index in [-0.39, 0.29) is 8.55 Å². The molecule has 0 N–H and O–H groups in total. The van der Waals surface area contributed by atoms with E-state index in [1.165, 1.54) is 30.4 Å². The van der Waals surface area contributed by atoms with Gasteiger partial charge in [0.25, 0.3) is 0 Å². The first kappa shape index (κ1) is 14.2. The number of rotatable bonds is 2. The molecule has 0 nitrogen and oxygen atoms in total. The molecule has 2 aromatic rings. The Morgan fingerprint density at radius 3 is 1.61 bits per heavy atom. The van der Waals surface area contributed by atoms with Gasteiger partial charge in [-0.2, -0.15) is 0 Å². The zero-order valence-corrected chi connectivity index (χ0v) is 15.1. The number of hydrogen-bond donors (Lipinski definition) is 0. The van der Waals surface area contributed by atoms with Gasteiger partial charge in [-0.15, -0.1) is 0 Å². The molecule has 114 valence electrons. The van der Waals surface area contributed by atoms with Crippen LogP contribution in [0.4, 0.5) is 0 Å². The smallest absolute Gasteiger partial charge is 0.0302 e. The summed E-state index contributed by atoms with van der Waals surface area (Å²) in [5.41, 5.74) is 6.10. The Morgan fingerprint density at radius 2 is 1.13 bits per heavy atom. The van der Waals surface area contributed by atoms with Gasteiger partial charge in [0.05, 0.1) is 0 Å². The van der Waals surface area contributed by atoms with Crippen LogP contribution in [-0.2, 0) is 0 Å². The monoisotopic (exact) mass is 352 g/mol. The van der Waals surface area contributed by atoms with Crippen molar-refractivity contribution in [3.8, 4) is 0 Å². The van der Waals surface area contributed by atoms with Crippen molar-refractivity contribution in [3.05, 3.63) is 82.9 Å². The van der Waals surface area contributed by atoms with Gasteiger partial charge in [-0.3, -0.25) is 0 Å². The molecule has 0 bridgehead atoms. The lowest BCUT2D eigenvalue weighted by molar-refractivity contribution is 0.822. The summed E-state index contributed by atoms with van der Waals surface area (Å²) in [4.78, 5) is 4.77. The second kappa shape index (κ2) is 5.73. The molecule has 1 saturated carbocycles. The van der Waals surface area contributed by atoms with Gasteiger partial charge >= 0.3 is 0 Å². The van der Waals surface area contributed by atoms with Crippen LogP contribution < -0.4 is 0 Å². The van der Waals surface area contributed by atoms with Gasteiger partial charge in [-0.25, -0.2) is 0 Å². The summed E-state index contributed by atoms with van der Waals surface area (Å²) in [6.07, 6.45) is 3.80. The third-order valence-corrected chi connectivity index (χ3v) is 11.1. The van der Waals surface area contributed by atoms with Crippen molar-refractivity contribution in [2.24, 2.45) is 0 Å². The van der Waals surface area contributed by atoms with Crippen LogP contribution in [0.25, 0.3) is 9.81 Å². The molecular formula is C20H16S3. The predicted octanol–water partition coefficient (Wildman–Crippen LogP) is 6.76. The van der Waals surface area contributed by atoms with E-state index in [2.05, 4.69) is 82.3 Å². The summed E-state index contributed by atoms with van der Waals surface area (Å²) in [6, 6.07) is 21.9. The summed E-state index contributed by atoms with van der Waals surface area (Å²) < 4.78 is 0. The molecule has 0 unspecified atom stereocenters. The Balaban J connectivity index is 1.62. The highest BCUT2D eigenvalue weighted by Crippen LogP contribution is 2.69. The molecule has 2 aliphatic heterocycles. The maximum Gasteiger partial charge on any atom is 0.0302 e. The first-order valence-corrected chi connectivity index (χ1v) is 11.9. The molecule has 23 heavy (non-hydrogen) atoms. The SMILES string of the molecule is c1ccc(C2=C3CCCC4=C(c5ccccc5)SS(=C34)S2)cc1. The molecule has 0 aromatic heterocycles. The molecule has 2 heterocycles. The summed E-state index contributed by atoms with van der Waals surface area (Å²) in [5, 5.41) is 0. The van der Waals surface area contributed by atoms with Crippen molar-refractivity contribution >= 4 is 44.8 Å². The van der Waals surface area contributed by atoms with Crippen LogP contribution >= 0.6 is 30.1 Å². The Morgan fingerprint density at radius 1 is 0.652 bits per heavy atom. The fourth-order valence-corrected chi connectivity index (χ4v) is 11.4. The third-order valence-electron chi connectivity index (χ3n) is 4.51. The molecule has 1 fully saturated rings. The standard InChI is InChI=1S/C20H16S3/c1-3-8-14(9-4-1)18-16-12-7-13-17-19(15-10-5-2-6-11-15)22-23(21-18)20(16)17/h1-6,8-11H,7,12-13H2. The lowest BCUT2D eigenvalue weighted by Crippen LogP contribution is -2.10. The van der Waals surface area contributed by atoms with E-state index in [9.17, 15) is 0 Å². The molecule has 3 aliphatic rings. The number of allylic oxidation sites excluding steroid dienone is 2. The third kappa shape index (κ3) is 2.29. The lowest BCUT2D eigenvalue weighted by atomic mass is 9.87. The van der Waals surface area contributed by atoms with Gasteiger partial charge in [0.2, 0.25) is 0 Å². The Labute approximate surface area is 146 Å². The van der Waals surface area contributed by atoms with Crippen molar-refractivity contribution in [2.45, 2.75) is 19.3 Å². The van der Waals surface area contributed by atoms with Crippen molar-refractivity contribution in [1.29, 1.82) is 0 Å². The minimum Gasteiger partial charge on any atom is -0.0622 e. The van der Waals surface area contributed by atoms with Crippen LogP contribution in [0.1, 0.15) is 30.4 Å². The molecule has 3 heteroatoms. The van der Waals surface area contributed by atoms with Crippen molar-refractivity contribution in [1.82, 2.24) is 0 Å². The normalized spacial score (nSPS) is 20.4. The first-order valence-electron chi connectivity index (χ1n) is 7.97. The molecule has 2 aromatic carbocycles. The van der Waals surface area contributed by atoms with E-state index in [1.54, 1.807) is 25.8 Å². The Hall–Kier alpha value is -1.16. The van der Waals surface area contributed by atoms with E-state index >= 15 is 0 Å². The Bertz CT molecular complexity index is 802. The van der Waals surface area contributed by atoms with Gasteiger partial charge in [0, 0.05) is 14.7 Å². The largest absolute Gasteiger partial charge is 0.0622 e. The average molecular weight is 353 g/mol. The second-order valence-corrected chi connectivity index (χ2v) is 11.6. The number of hydrogen-bond acceptors (Lipinski definition) is 2. The van der Waals surface area contributed by atoms with Crippen LogP contribution in [0.5, 0.6) is 0 Å². The second-order valence-electron chi connectivity index (χ2n) is 5.93. The Kier molecular flexibility index (Phi) is 3.54. The van der Waals surface area contributed by atoms with E-state index in [1.807, 2.05) is 0 Å². The van der Waals surface area contributed by atoms with E-state index < -0.39 is 0 Å². The maximum atomic E-state index is 2.27. The molecular weight excluding hydrogens is 336 g/mol. The van der Waals surface area contributed by atoms with Gasteiger partial charge in [0.15, 0.2) is 0 Å². The van der Waals surface area contributed by atoms with Gasteiger partial charge in [-0.1, -0.05) is 90.8 Å². The highest BCUT2D eigenvalue weighted by Gasteiger charge is 2.37. The van der Waals surface area contributed by atoms with Gasteiger partial charge in [-0.05, 0) is 41.5 Å². The van der Waals surface area contributed by atoms with Crippen LogP contribution in [0, 0.1) is 0 Å². The molecule has 0 atom stereocenters. The zero-order valence-electron chi connectivity index (χ0n) is 12.6. The van der Waals surface area contributed by atoms with Crippen molar-refractivity contribution < 1.29 is 0 Å². The van der Waals surface area contributed by atoms with Gasteiger partial charge < -0.3 is 0 Å². The van der Waals surface area contributed by atoms with Gasteiger partial charge in [0.1, 0.15) is 0 Å². The highest BCUT2D eigenvalue weighted by atomic mass is 33.5. The van der Waals surface area contributed by atoms with E-state index in [0.29, 0.717) is 0 Å². The topological polar surface area (TPSA) is 0 Å². The number of benzene rings is 2. The summed E-state index contributed by atoms with van der Waals surface area (Å²) in [5.74, 6) is 0. The van der Waals surface area contributed by atoms with Crippen molar-refractivity contribution in [3.63, 3.8) is 0 Å². The quantitative estimate of drug-likeness (QED) is 0.433. The molecule has 0 radical (unpaired) electrons. The van der Waals surface area contributed by atoms with Crippen LogP contribution in [0.2, 0.25) is 0 Å². The first-order chi connectivity index (χ1) is 11.4. The van der Waals surface area contributed by atoms with Crippen LogP contribution in [-0.4, -0.2) is 4.86 Å². The van der Waals surface area contributed by atoms with E-state index in [0.717, 1.165) is 0 Å². The maximum absolute atomic E-state index is 2.27. The predicted molar refractivity (Wildman–Crippen MR) is 108 cm³/mol. The molecule has 0 saturated heterocycles. The van der Waals surface area contributed by atoms with Crippen LogP contribution in [0.15, 0.2) is 71.8 Å². The fourth-order valence-electron chi connectivity index (χ4n) is 3.46. The average Bonchev–Trinajstić information content (AvgIpc) is 3.18. The lowest BCUT2D eigenvalue weighted by Gasteiger charge is -2.20. The van der Waals surface area contributed by atoms with E-state index in [4.69, 9.17) is 0 Å². The zero-order chi connectivity index (χ0) is 15.2. The molecule has 0 amide bonds. The van der Waals surface area contributed by atoms with Crippen molar-refractivity contribution in [2.75, 3.05) is 0 Å². The minimum atomic E-state index is 0.264. The summed E-state index contributed by atoms with van der Waals surface area (Å²) in [7, 11) is 4.47. The minimum absolute atomic E-state index is 0.264.